The number of aromatic hydroxyl groups is 1. The molecule has 2 N–H and O–H groups in total. The van der Waals surface area contributed by atoms with Gasteiger partial charge >= 0.3 is 0 Å². The molecular formula is C16H17FO3. The Morgan fingerprint density at radius 2 is 1.80 bits per heavy atom. The Balaban J connectivity index is 2.30. The van der Waals surface area contributed by atoms with Crippen molar-refractivity contribution in [3.63, 3.8) is 0 Å². The molecule has 0 aromatic heterocycles. The summed E-state index contributed by atoms with van der Waals surface area (Å²) in [6, 6.07) is 11.1. The second-order valence-corrected chi connectivity index (χ2v) is 4.93. The highest BCUT2D eigenvalue weighted by molar-refractivity contribution is 5.35. The topological polar surface area (TPSA) is 49.7 Å². The number of hydrogen-bond acceptors (Lipinski definition) is 3. The van der Waals surface area contributed by atoms with Crippen molar-refractivity contribution in [2.45, 2.75) is 18.9 Å². The molecule has 1 atom stereocenters. The first-order valence-corrected chi connectivity index (χ1v) is 6.27. The second-order valence-electron chi connectivity index (χ2n) is 4.93. The van der Waals surface area contributed by atoms with E-state index in [-0.39, 0.29) is 17.9 Å². The summed E-state index contributed by atoms with van der Waals surface area (Å²) < 4.78 is 19.0. The maximum atomic E-state index is 14.1. The van der Waals surface area contributed by atoms with Gasteiger partial charge in [-0.25, -0.2) is 4.39 Å². The molecular weight excluding hydrogens is 259 g/mol. The number of ether oxygens (including phenoxy) is 1. The van der Waals surface area contributed by atoms with Gasteiger partial charge < -0.3 is 14.9 Å². The van der Waals surface area contributed by atoms with Crippen molar-refractivity contribution in [2.75, 3.05) is 7.11 Å². The molecule has 106 valence electrons. The van der Waals surface area contributed by atoms with Gasteiger partial charge in [0.25, 0.3) is 0 Å². The number of methoxy groups -OCH3 is 1. The van der Waals surface area contributed by atoms with Gasteiger partial charge in [0.05, 0.1) is 12.7 Å². The maximum absolute atomic E-state index is 14.1. The summed E-state index contributed by atoms with van der Waals surface area (Å²) in [7, 11) is 1.40. The number of halogens is 1. The third kappa shape index (κ3) is 2.91. The van der Waals surface area contributed by atoms with Crippen LogP contribution in [-0.2, 0) is 12.0 Å². The van der Waals surface area contributed by atoms with Gasteiger partial charge in [-0.2, -0.15) is 0 Å². The quantitative estimate of drug-likeness (QED) is 0.902. The minimum Gasteiger partial charge on any atom is -0.508 e. The average Bonchev–Trinajstić information content (AvgIpc) is 2.41. The number of hydrogen-bond donors (Lipinski definition) is 2. The first-order chi connectivity index (χ1) is 9.44. The molecule has 0 saturated carbocycles. The van der Waals surface area contributed by atoms with E-state index in [1.54, 1.807) is 31.2 Å². The fraction of sp³-hybridized carbons (Fsp3) is 0.250. The summed E-state index contributed by atoms with van der Waals surface area (Å²) in [4.78, 5) is 0. The van der Waals surface area contributed by atoms with Crippen LogP contribution < -0.4 is 4.74 Å². The van der Waals surface area contributed by atoms with Gasteiger partial charge in [-0.3, -0.25) is 0 Å². The van der Waals surface area contributed by atoms with Gasteiger partial charge in [-0.05, 0) is 36.2 Å². The van der Waals surface area contributed by atoms with Crippen molar-refractivity contribution >= 4 is 0 Å². The minimum absolute atomic E-state index is 0.112. The first-order valence-electron chi connectivity index (χ1n) is 6.27. The molecule has 0 fully saturated rings. The Morgan fingerprint density at radius 1 is 1.15 bits per heavy atom. The third-order valence-corrected chi connectivity index (χ3v) is 3.29. The van der Waals surface area contributed by atoms with Gasteiger partial charge in [0.2, 0.25) is 0 Å². The average molecular weight is 276 g/mol. The van der Waals surface area contributed by atoms with Crippen LogP contribution in [0, 0.1) is 5.82 Å². The fourth-order valence-electron chi connectivity index (χ4n) is 2.14. The van der Waals surface area contributed by atoms with E-state index >= 15 is 0 Å². The Bertz CT molecular complexity index is 591. The lowest BCUT2D eigenvalue weighted by molar-refractivity contribution is 0.0565. The molecule has 2 aromatic rings. The summed E-state index contributed by atoms with van der Waals surface area (Å²) in [5.41, 5.74) is -0.249. The van der Waals surface area contributed by atoms with Crippen LogP contribution >= 0.6 is 0 Å². The summed E-state index contributed by atoms with van der Waals surface area (Å²) in [5, 5.41) is 19.8. The number of aliphatic hydroxyl groups is 1. The van der Waals surface area contributed by atoms with Crippen LogP contribution in [0.2, 0.25) is 0 Å². The van der Waals surface area contributed by atoms with Crippen LogP contribution in [0.5, 0.6) is 11.5 Å². The number of rotatable bonds is 4. The standard InChI is InChI=1S/C16H17FO3/c1-16(19,12-6-8-13(18)9-7-12)10-11-4-3-5-14(20-2)15(11)17/h3-9,18-19H,10H2,1-2H3. The first kappa shape index (κ1) is 14.3. The largest absolute Gasteiger partial charge is 0.508 e. The second kappa shape index (κ2) is 5.51. The summed E-state index contributed by atoms with van der Waals surface area (Å²) in [5.74, 6) is -0.185. The molecule has 0 amide bonds. The highest BCUT2D eigenvalue weighted by Gasteiger charge is 2.25. The fourth-order valence-corrected chi connectivity index (χ4v) is 2.14. The molecule has 1 unspecified atom stereocenters. The Labute approximate surface area is 117 Å². The Hall–Kier alpha value is -2.07. The van der Waals surface area contributed by atoms with Crippen molar-refractivity contribution in [3.05, 3.63) is 59.4 Å². The van der Waals surface area contributed by atoms with Crippen LogP contribution in [-0.4, -0.2) is 17.3 Å². The molecule has 0 aliphatic rings. The van der Waals surface area contributed by atoms with Gasteiger partial charge in [-0.1, -0.05) is 24.3 Å². The normalized spacial score (nSPS) is 13.8. The van der Waals surface area contributed by atoms with Gasteiger partial charge in [0.15, 0.2) is 11.6 Å². The van der Waals surface area contributed by atoms with Crippen LogP contribution in [0.1, 0.15) is 18.1 Å². The molecule has 0 saturated heterocycles. The summed E-state index contributed by atoms with van der Waals surface area (Å²) in [6.45, 7) is 1.61. The molecule has 4 heteroatoms. The van der Waals surface area contributed by atoms with Crippen molar-refractivity contribution in [1.29, 1.82) is 0 Å². The maximum Gasteiger partial charge on any atom is 0.168 e. The van der Waals surface area contributed by atoms with E-state index < -0.39 is 11.4 Å². The lowest BCUT2D eigenvalue weighted by Crippen LogP contribution is -2.24. The number of phenolic OH excluding ortho intramolecular Hbond substituents is 1. The van der Waals surface area contributed by atoms with E-state index in [9.17, 15) is 14.6 Å². The minimum atomic E-state index is -1.24. The van der Waals surface area contributed by atoms with E-state index in [1.807, 2.05) is 0 Å². The molecule has 2 aromatic carbocycles. The van der Waals surface area contributed by atoms with Crippen molar-refractivity contribution in [3.8, 4) is 11.5 Å². The predicted octanol–water partition coefficient (Wildman–Crippen LogP) is 2.99. The molecule has 0 aliphatic carbocycles. The zero-order valence-corrected chi connectivity index (χ0v) is 11.4. The highest BCUT2D eigenvalue weighted by atomic mass is 19.1. The molecule has 0 heterocycles. The van der Waals surface area contributed by atoms with Crippen LogP contribution in [0.3, 0.4) is 0 Å². The van der Waals surface area contributed by atoms with Crippen molar-refractivity contribution < 1.29 is 19.3 Å². The van der Waals surface area contributed by atoms with E-state index in [2.05, 4.69) is 0 Å². The van der Waals surface area contributed by atoms with Crippen molar-refractivity contribution in [2.24, 2.45) is 0 Å². The van der Waals surface area contributed by atoms with Gasteiger partial charge in [0.1, 0.15) is 5.75 Å². The Kier molecular flexibility index (Phi) is 3.95. The van der Waals surface area contributed by atoms with E-state index in [4.69, 9.17) is 4.74 Å². The monoisotopic (exact) mass is 276 g/mol. The number of benzene rings is 2. The molecule has 0 aliphatic heterocycles. The molecule has 2 rings (SSSR count). The van der Waals surface area contributed by atoms with Crippen molar-refractivity contribution in [1.82, 2.24) is 0 Å². The van der Waals surface area contributed by atoms with Crippen LogP contribution in [0.25, 0.3) is 0 Å². The molecule has 0 spiro atoms. The molecule has 0 bridgehead atoms. The highest BCUT2D eigenvalue weighted by Crippen LogP contribution is 2.30. The smallest absolute Gasteiger partial charge is 0.168 e. The van der Waals surface area contributed by atoms with E-state index in [0.717, 1.165) is 0 Å². The molecule has 20 heavy (non-hydrogen) atoms. The van der Waals surface area contributed by atoms with Crippen LogP contribution in [0.15, 0.2) is 42.5 Å². The SMILES string of the molecule is COc1cccc(CC(C)(O)c2ccc(O)cc2)c1F. The number of phenols is 1. The van der Waals surface area contributed by atoms with E-state index in [1.165, 1.54) is 25.3 Å². The van der Waals surface area contributed by atoms with Gasteiger partial charge in [0, 0.05) is 6.42 Å². The van der Waals surface area contributed by atoms with Gasteiger partial charge in [-0.15, -0.1) is 0 Å². The molecule has 0 radical (unpaired) electrons. The zero-order chi connectivity index (χ0) is 14.8. The zero-order valence-electron chi connectivity index (χ0n) is 11.4. The molecule has 3 nitrogen and oxygen atoms in total. The summed E-state index contributed by atoms with van der Waals surface area (Å²) >= 11 is 0. The lowest BCUT2D eigenvalue weighted by atomic mass is 9.89. The predicted molar refractivity (Wildman–Crippen MR) is 74.3 cm³/mol. The Morgan fingerprint density at radius 3 is 2.40 bits per heavy atom. The lowest BCUT2D eigenvalue weighted by Gasteiger charge is -2.24. The third-order valence-electron chi connectivity index (χ3n) is 3.29. The van der Waals surface area contributed by atoms with Crippen LogP contribution in [0.4, 0.5) is 4.39 Å². The van der Waals surface area contributed by atoms with E-state index in [0.29, 0.717) is 11.1 Å². The summed E-state index contributed by atoms with van der Waals surface area (Å²) in [6.07, 6.45) is 0.112.